The Kier molecular flexibility index (Phi) is 12.0. The molecule has 0 heterocycles. The molecular formula is C17H31N5O7S. The number of thiol groups is 1. The highest BCUT2D eigenvalue weighted by Gasteiger charge is 2.31. The van der Waals surface area contributed by atoms with Gasteiger partial charge in [0.1, 0.15) is 24.2 Å². The van der Waals surface area contributed by atoms with Gasteiger partial charge < -0.3 is 37.6 Å². The van der Waals surface area contributed by atoms with Crippen LogP contribution in [0.1, 0.15) is 33.6 Å². The van der Waals surface area contributed by atoms with Crippen LogP contribution in [0.5, 0.6) is 0 Å². The van der Waals surface area contributed by atoms with Gasteiger partial charge >= 0.3 is 5.97 Å². The fourth-order valence-electron chi connectivity index (χ4n) is 2.33. The second kappa shape index (κ2) is 13.0. The van der Waals surface area contributed by atoms with E-state index in [0.29, 0.717) is 0 Å². The minimum atomic E-state index is -1.46. The van der Waals surface area contributed by atoms with Crippen molar-refractivity contribution in [3.8, 4) is 0 Å². The molecule has 0 rings (SSSR count). The van der Waals surface area contributed by atoms with Gasteiger partial charge in [-0.3, -0.25) is 19.2 Å². The first-order chi connectivity index (χ1) is 13.8. The van der Waals surface area contributed by atoms with E-state index < -0.39 is 66.3 Å². The Bertz CT molecular complexity index is 644. The highest BCUT2D eigenvalue weighted by Crippen LogP contribution is 2.06. The summed E-state index contributed by atoms with van der Waals surface area (Å²) in [4.78, 5) is 59.6. The van der Waals surface area contributed by atoms with Crippen LogP contribution in [0.4, 0.5) is 0 Å². The Morgan fingerprint density at radius 3 is 1.77 bits per heavy atom. The quantitative estimate of drug-likeness (QED) is 0.136. The van der Waals surface area contributed by atoms with E-state index in [4.69, 9.17) is 11.5 Å². The third-order valence-corrected chi connectivity index (χ3v) is 4.36. The largest absolute Gasteiger partial charge is 0.480 e. The first kappa shape index (κ1) is 27.6. The summed E-state index contributed by atoms with van der Waals surface area (Å²) in [7, 11) is 0. The van der Waals surface area contributed by atoms with Crippen LogP contribution in [0.3, 0.4) is 0 Å². The number of primary amides is 1. The molecule has 0 aliphatic carbocycles. The Labute approximate surface area is 179 Å². The molecule has 0 saturated heterocycles. The SMILES string of the molecule is CC(C)CC(NC(=O)C(CC(N)=O)NC(=O)C(CS)NC(=O)C(N)C(C)O)C(=O)O. The second-order valence-corrected chi connectivity index (χ2v) is 7.64. The molecular weight excluding hydrogens is 418 g/mol. The maximum absolute atomic E-state index is 12.5. The van der Waals surface area contributed by atoms with Crippen molar-refractivity contribution < 1.29 is 34.2 Å². The molecule has 0 radical (unpaired) electrons. The molecule has 0 aromatic heterocycles. The van der Waals surface area contributed by atoms with E-state index >= 15 is 0 Å². The molecule has 5 atom stereocenters. The number of carbonyl (C=O) groups excluding carboxylic acids is 4. The molecule has 172 valence electrons. The maximum atomic E-state index is 12.5. The van der Waals surface area contributed by atoms with E-state index in [-0.39, 0.29) is 18.1 Å². The smallest absolute Gasteiger partial charge is 0.326 e. The average molecular weight is 450 g/mol. The van der Waals surface area contributed by atoms with Crippen LogP contribution >= 0.6 is 12.6 Å². The number of aliphatic carboxylic acids is 1. The number of aliphatic hydroxyl groups is 1. The lowest BCUT2D eigenvalue weighted by Gasteiger charge is -2.24. The van der Waals surface area contributed by atoms with Crippen LogP contribution in [0.25, 0.3) is 0 Å². The molecule has 0 spiro atoms. The molecule has 9 N–H and O–H groups in total. The maximum Gasteiger partial charge on any atom is 0.326 e. The Balaban J connectivity index is 5.31. The normalized spacial score (nSPS) is 16.0. The molecule has 0 saturated carbocycles. The van der Waals surface area contributed by atoms with Crippen molar-refractivity contribution in [3.63, 3.8) is 0 Å². The van der Waals surface area contributed by atoms with Crippen molar-refractivity contribution in [2.24, 2.45) is 17.4 Å². The lowest BCUT2D eigenvalue weighted by atomic mass is 10.0. The zero-order chi connectivity index (χ0) is 23.6. The van der Waals surface area contributed by atoms with E-state index in [2.05, 4.69) is 28.6 Å². The van der Waals surface area contributed by atoms with E-state index in [1.54, 1.807) is 13.8 Å². The lowest BCUT2D eigenvalue weighted by molar-refractivity contribution is -0.143. The van der Waals surface area contributed by atoms with Gasteiger partial charge in [-0.2, -0.15) is 12.6 Å². The molecule has 0 aliphatic heterocycles. The fraction of sp³-hybridized carbons (Fsp3) is 0.706. The number of hydrogen-bond acceptors (Lipinski definition) is 8. The predicted octanol–water partition coefficient (Wildman–Crippen LogP) is -2.92. The topological polar surface area (TPSA) is 214 Å². The van der Waals surface area contributed by atoms with Crippen LogP contribution in [0.2, 0.25) is 0 Å². The van der Waals surface area contributed by atoms with Gasteiger partial charge in [0.15, 0.2) is 0 Å². The van der Waals surface area contributed by atoms with Crippen LogP contribution in [-0.2, 0) is 24.0 Å². The molecule has 30 heavy (non-hydrogen) atoms. The zero-order valence-electron chi connectivity index (χ0n) is 17.1. The standard InChI is InChI=1S/C17H31N5O7S/c1-7(2)4-10(17(28)29)21-14(25)9(5-12(18)24)20-15(26)11(6-30)22-16(27)13(19)8(3)23/h7-11,13,23,30H,4-6,19H2,1-3H3,(H2,18,24)(H,20,26)(H,21,25)(H,22,27)(H,28,29). The third kappa shape index (κ3) is 9.89. The molecule has 4 amide bonds. The highest BCUT2D eigenvalue weighted by molar-refractivity contribution is 7.80. The summed E-state index contributed by atoms with van der Waals surface area (Å²) in [5, 5.41) is 25.4. The van der Waals surface area contributed by atoms with Gasteiger partial charge in [-0.1, -0.05) is 13.8 Å². The molecule has 0 aliphatic rings. The Morgan fingerprint density at radius 2 is 1.37 bits per heavy atom. The fourth-order valence-corrected chi connectivity index (χ4v) is 2.59. The van der Waals surface area contributed by atoms with Gasteiger partial charge in [-0.05, 0) is 19.3 Å². The van der Waals surface area contributed by atoms with E-state index in [1.165, 1.54) is 6.92 Å². The number of rotatable bonds is 13. The number of carbonyl (C=O) groups is 5. The van der Waals surface area contributed by atoms with Crippen LogP contribution < -0.4 is 27.4 Å². The van der Waals surface area contributed by atoms with Crippen molar-refractivity contribution in [2.45, 2.75) is 63.9 Å². The highest BCUT2D eigenvalue weighted by atomic mass is 32.1. The van der Waals surface area contributed by atoms with Gasteiger partial charge in [0, 0.05) is 5.75 Å². The summed E-state index contributed by atoms with van der Waals surface area (Å²) in [5.74, 6) is -5.01. The van der Waals surface area contributed by atoms with Gasteiger partial charge in [-0.25, -0.2) is 4.79 Å². The van der Waals surface area contributed by atoms with Crippen LogP contribution in [0.15, 0.2) is 0 Å². The molecule has 12 nitrogen and oxygen atoms in total. The molecule has 13 heteroatoms. The first-order valence-corrected chi connectivity index (χ1v) is 9.90. The van der Waals surface area contributed by atoms with Crippen molar-refractivity contribution in [1.29, 1.82) is 0 Å². The summed E-state index contributed by atoms with van der Waals surface area (Å²) >= 11 is 3.97. The number of hydrogen-bond donors (Lipinski definition) is 8. The van der Waals surface area contributed by atoms with Crippen LogP contribution in [0, 0.1) is 5.92 Å². The number of nitrogens with two attached hydrogens (primary N) is 2. The third-order valence-electron chi connectivity index (χ3n) is 4.00. The van der Waals surface area contributed by atoms with Crippen molar-refractivity contribution in [1.82, 2.24) is 16.0 Å². The molecule has 0 aromatic carbocycles. The summed E-state index contributed by atoms with van der Waals surface area (Å²) in [5.41, 5.74) is 10.6. The van der Waals surface area contributed by atoms with Crippen molar-refractivity contribution in [3.05, 3.63) is 0 Å². The summed E-state index contributed by atoms with van der Waals surface area (Å²) < 4.78 is 0. The van der Waals surface area contributed by atoms with Gasteiger partial charge in [0.05, 0.1) is 12.5 Å². The van der Waals surface area contributed by atoms with Crippen molar-refractivity contribution in [2.75, 3.05) is 5.75 Å². The predicted molar refractivity (Wildman–Crippen MR) is 110 cm³/mol. The second-order valence-electron chi connectivity index (χ2n) is 7.27. The van der Waals surface area contributed by atoms with Crippen LogP contribution in [-0.4, -0.2) is 75.8 Å². The minimum absolute atomic E-state index is 0.0440. The lowest BCUT2D eigenvalue weighted by Crippen LogP contribution is -2.59. The van der Waals surface area contributed by atoms with E-state index in [0.717, 1.165) is 0 Å². The number of aliphatic hydroxyl groups excluding tert-OH is 1. The summed E-state index contributed by atoms with van der Waals surface area (Å²) in [6.07, 6.45) is -1.63. The molecule has 0 bridgehead atoms. The molecule has 5 unspecified atom stereocenters. The van der Waals surface area contributed by atoms with Gasteiger partial charge in [-0.15, -0.1) is 0 Å². The zero-order valence-corrected chi connectivity index (χ0v) is 18.0. The number of carboxylic acid groups (broad SMARTS) is 1. The summed E-state index contributed by atoms with van der Waals surface area (Å²) in [6.45, 7) is 4.83. The van der Waals surface area contributed by atoms with E-state index in [9.17, 15) is 34.2 Å². The number of amides is 4. The number of nitrogens with one attached hydrogen (secondary N) is 3. The monoisotopic (exact) mass is 449 g/mol. The van der Waals surface area contributed by atoms with Gasteiger partial charge in [0.2, 0.25) is 23.6 Å². The van der Waals surface area contributed by atoms with Crippen molar-refractivity contribution >= 4 is 42.2 Å². The molecule has 0 fully saturated rings. The van der Waals surface area contributed by atoms with Gasteiger partial charge in [0.25, 0.3) is 0 Å². The average Bonchev–Trinajstić information content (AvgIpc) is 2.62. The molecule has 0 aromatic rings. The minimum Gasteiger partial charge on any atom is -0.480 e. The van der Waals surface area contributed by atoms with E-state index in [1.807, 2.05) is 0 Å². The number of carboxylic acids is 1. The Morgan fingerprint density at radius 1 is 0.900 bits per heavy atom. The summed E-state index contributed by atoms with van der Waals surface area (Å²) in [6, 6.07) is -5.22. The first-order valence-electron chi connectivity index (χ1n) is 9.26. The Hall–Kier alpha value is -2.38.